The summed E-state index contributed by atoms with van der Waals surface area (Å²) >= 11 is 5.71. The molecule has 1 fully saturated rings. The minimum atomic E-state index is -3.33. The molecule has 1 aliphatic rings. The summed E-state index contributed by atoms with van der Waals surface area (Å²) in [6.45, 7) is 2.27. The third kappa shape index (κ3) is 2.27. The van der Waals surface area contributed by atoms with E-state index in [0.717, 1.165) is 4.90 Å². The number of hydrogen-bond acceptors (Lipinski definition) is 3. The van der Waals surface area contributed by atoms with E-state index < -0.39 is 30.0 Å². The highest BCUT2D eigenvalue weighted by Gasteiger charge is 2.61. The van der Waals surface area contributed by atoms with Crippen LogP contribution in [0.3, 0.4) is 0 Å². The van der Waals surface area contributed by atoms with E-state index in [9.17, 15) is 18.7 Å². The molecule has 110 valence electrons. The summed E-state index contributed by atoms with van der Waals surface area (Å²) < 4.78 is 27.5. The molecular weight excluding hydrogens is 290 g/mol. The van der Waals surface area contributed by atoms with Gasteiger partial charge in [0.05, 0.1) is 12.1 Å². The molecule has 1 aliphatic heterocycles. The largest absolute Gasteiger partial charge is 0.384 e. The Labute approximate surface area is 120 Å². The van der Waals surface area contributed by atoms with Gasteiger partial charge in [0.15, 0.2) is 0 Å². The Bertz CT molecular complexity index is 541. The highest BCUT2D eigenvalue weighted by atomic mass is 35.5. The first-order chi connectivity index (χ1) is 9.22. The molecule has 1 saturated heterocycles. The van der Waals surface area contributed by atoms with E-state index >= 15 is 0 Å². The van der Waals surface area contributed by atoms with E-state index in [4.69, 9.17) is 11.6 Å². The van der Waals surface area contributed by atoms with E-state index in [1.165, 1.54) is 25.1 Å². The van der Waals surface area contributed by atoms with Crippen LogP contribution in [-0.4, -0.2) is 45.0 Å². The van der Waals surface area contributed by atoms with Crippen LogP contribution in [0.5, 0.6) is 0 Å². The van der Waals surface area contributed by atoms with Crippen LogP contribution >= 0.6 is 11.6 Å². The van der Waals surface area contributed by atoms with Gasteiger partial charge in [0, 0.05) is 0 Å². The van der Waals surface area contributed by atoms with Crippen molar-refractivity contribution in [1.29, 1.82) is 0 Å². The van der Waals surface area contributed by atoms with Crippen LogP contribution in [0.1, 0.15) is 30.8 Å². The van der Waals surface area contributed by atoms with Gasteiger partial charge in [-0.15, -0.1) is 0 Å². The van der Waals surface area contributed by atoms with Crippen LogP contribution < -0.4 is 0 Å². The van der Waals surface area contributed by atoms with Crippen molar-refractivity contribution in [2.24, 2.45) is 0 Å². The summed E-state index contributed by atoms with van der Waals surface area (Å²) in [4.78, 5) is 17.2. The number of alkyl halides is 2. The zero-order chi connectivity index (χ0) is 15.1. The lowest BCUT2D eigenvalue weighted by atomic mass is 9.91. The quantitative estimate of drug-likeness (QED) is 0.853. The van der Waals surface area contributed by atoms with Crippen LogP contribution in [0, 0.1) is 0 Å². The SMILES string of the molecule is CC[C@]1(C)[C@@H](O)C(F)(F)CN1C(=O)c1cccc(Cl)n1. The molecule has 20 heavy (non-hydrogen) atoms. The number of hydrogen-bond donors (Lipinski definition) is 1. The standard InChI is InChI=1S/C13H15ClF2N2O2/c1-3-12(2)11(20)13(15,16)7-18(12)10(19)8-5-4-6-9(14)17-8/h4-6,11,20H,3,7H2,1-2H3/t11-,12-/m1/s1. The highest BCUT2D eigenvalue weighted by Crippen LogP contribution is 2.42. The third-order valence-electron chi connectivity index (χ3n) is 3.87. The molecule has 2 heterocycles. The lowest BCUT2D eigenvalue weighted by Crippen LogP contribution is -2.51. The average molecular weight is 305 g/mol. The maximum Gasteiger partial charge on any atom is 0.292 e. The first-order valence-electron chi connectivity index (χ1n) is 6.23. The third-order valence-corrected chi connectivity index (χ3v) is 4.08. The second kappa shape index (κ2) is 4.93. The fourth-order valence-corrected chi connectivity index (χ4v) is 2.60. The first-order valence-corrected chi connectivity index (χ1v) is 6.60. The van der Waals surface area contributed by atoms with Gasteiger partial charge in [0.2, 0.25) is 0 Å². The van der Waals surface area contributed by atoms with Gasteiger partial charge in [0.1, 0.15) is 17.0 Å². The number of carbonyl (C=O) groups is 1. The predicted molar refractivity (Wildman–Crippen MR) is 69.9 cm³/mol. The molecule has 0 radical (unpaired) electrons. The van der Waals surface area contributed by atoms with Crippen LogP contribution in [0.4, 0.5) is 8.78 Å². The maximum atomic E-state index is 13.7. The summed E-state index contributed by atoms with van der Waals surface area (Å²) in [6, 6.07) is 4.43. The van der Waals surface area contributed by atoms with Gasteiger partial charge in [0.25, 0.3) is 11.8 Å². The number of nitrogens with zero attached hydrogens (tertiary/aromatic N) is 2. The molecule has 0 spiro atoms. The fraction of sp³-hybridized carbons (Fsp3) is 0.538. The van der Waals surface area contributed by atoms with Gasteiger partial charge >= 0.3 is 0 Å². The number of rotatable bonds is 2. The molecular formula is C13H15ClF2N2O2. The van der Waals surface area contributed by atoms with Crippen molar-refractivity contribution in [2.75, 3.05) is 6.54 Å². The smallest absolute Gasteiger partial charge is 0.292 e. The minimum Gasteiger partial charge on any atom is -0.384 e. The van der Waals surface area contributed by atoms with E-state index in [1.54, 1.807) is 6.92 Å². The Kier molecular flexibility index (Phi) is 3.73. The number of halogens is 3. The number of aromatic nitrogens is 1. The van der Waals surface area contributed by atoms with Crippen molar-refractivity contribution in [3.8, 4) is 0 Å². The Balaban J connectivity index is 2.39. The molecule has 0 bridgehead atoms. The zero-order valence-electron chi connectivity index (χ0n) is 11.1. The van der Waals surface area contributed by atoms with E-state index in [2.05, 4.69) is 4.98 Å². The van der Waals surface area contributed by atoms with Gasteiger partial charge in [-0.25, -0.2) is 13.8 Å². The molecule has 2 rings (SSSR count). The van der Waals surface area contributed by atoms with E-state index in [-0.39, 0.29) is 17.3 Å². The first kappa shape index (κ1) is 15.1. The van der Waals surface area contributed by atoms with Gasteiger partial charge in [-0.3, -0.25) is 4.79 Å². The number of pyridine rings is 1. The molecule has 0 aromatic carbocycles. The highest BCUT2D eigenvalue weighted by molar-refractivity contribution is 6.29. The fourth-order valence-electron chi connectivity index (χ4n) is 2.43. The molecule has 1 aromatic heterocycles. The van der Waals surface area contributed by atoms with Gasteiger partial charge in [-0.2, -0.15) is 0 Å². The molecule has 1 N–H and O–H groups in total. The van der Waals surface area contributed by atoms with Crippen molar-refractivity contribution in [3.05, 3.63) is 29.0 Å². The Morgan fingerprint density at radius 3 is 2.80 bits per heavy atom. The van der Waals surface area contributed by atoms with Gasteiger partial charge in [-0.05, 0) is 25.5 Å². The molecule has 0 saturated carbocycles. The van der Waals surface area contributed by atoms with Crippen LogP contribution in [-0.2, 0) is 0 Å². The lowest BCUT2D eigenvalue weighted by molar-refractivity contribution is -0.0946. The molecule has 1 amide bonds. The normalized spacial score (nSPS) is 28.7. The summed E-state index contributed by atoms with van der Waals surface area (Å²) in [5, 5.41) is 9.92. The van der Waals surface area contributed by atoms with E-state index in [1.807, 2.05) is 0 Å². The number of aliphatic hydroxyl groups excluding tert-OH is 1. The maximum absolute atomic E-state index is 13.7. The van der Waals surface area contributed by atoms with Crippen molar-refractivity contribution >= 4 is 17.5 Å². The van der Waals surface area contributed by atoms with E-state index in [0.29, 0.717) is 0 Å². The zero-order valence-corrected chi connectivity index (χ0v) is 11.9. The van der Waals surface area contributed by atoms with Crippen molar-refractivity contribution in [2.45, 2.75) is 37.8 Å². The Hall–Kier alpha value is -1.27. The van der Waals surface area contributed by atoms with Crippen LogP contribution in [0.25, 0.3) is 0 Å². The van der Waals surface area contributed by atoms with Crippen molar-refractivity contribution in [1.82, 2.24) is 9.88 Å². The Morgan fingerprint density at radius 1 is 1.60 bits per heavy atom. The topological polar surface area (TPSA) is 53.4 Å². The molecule has 2 atom stereocenters. The summed E-state index contributed by atoms with van der Waals surface area (Å²) in [6.07, 6.45) is -1.70. The van der Waals surface area contributed by atoms with Crippen molar-refractivity contribution < 1.29 is 18.7 Å². The molecule has 1 aromatic rings. The number of amides is 1. The second-order valence-corrected chi connectivity index (χ2v) is 5.50. The number of likely N-dealkylation sites (tertiary alicyclic amines) is 1. The van der Waals surface area contributed by atoms with Gasteiger partial charge < -0.3 is 10.0 Å². The average Bonchev–Trinajstić information content (AvgIpc) is 2.59. The molecule has 7 heteroatoms. The molecule has 4 nitrogen and oxygen atoms in total. The molecule has 0 unspecified atom stereocenters. The number of aliphatic hydroxyl groups is 1. The number of carbonyl (C=O) groups excluding carboxylic acids is 1. The van der Waals surface area contributed by atoms with Crippen LogP contribution in [0.2, 0.25) is 5.15 Å². The van der Waals surface area contributed by atoms with Gasteiger partial charge in [-0.1, -0.05) is 24.6 Å². The minimum absolute atomic E-state index is 0.0120. The monoisotopic (exact) mass is 304 g/mol. The lowest BCUT2D eigenvalue weighted by Gasteiger charge is -2.35. The van der Waals surface area contributed by atoms with Crippen molar-refractivity contribution in [3.63, 3.8) is 0 Å². The molecule has 0 aliphatic carbocycles. The predicted octanol–water partition coefficient (Wildman–Crippen LogP) is 2.36. The summed E-state index contributed by atoms with van der Waals surface area (Å²) in [5.41, 5.74) is -1.34. The summed E-state index contributed by atoms with van der Waals surface area (Å²) in [5.74, 6) is -3.99. The second-order valence-electron chi connectivity index (χ2n) is 5.11. The summed E-state index contributed by atoms with van der Waals surface area (Å²) in [7, 11) is 0. The van der Waals surface area contributed by atoms with Crippen LogP contribution in [0.15, 0.2) is 18.2 Å². The Morgan fingerprint density at radius 2 is 2.25 bits per heavy atom.